The molecule has 2 aliphatic rings. The highest BCUT2D eigenvalue weighted by molar-refractivity contribution is 7.98. The first-order valence-corrected chi connectivity index (χ1v) is 12.1. The van der Waals surface area contributed by atoms with Crippen LogP contribution in [0.4, 0.5) is 15.0 Å². The summed E-state index contributed by atoms with van der Waals surface area (Å²) in [4.78, 5) is 30.2. The molecule has 8 nitrogen and oxygen atoms in total. The molecule has 0 saturated carbocycles. The number of imidazole rings is 1. The van der Waals surface area contributed by atoms with Gasteiger partial charge in [-0.05, 0) is 39.9 Å². The maximum absolute atomic E-state index is 15.2. The van der Waals surface area contributed by atoms with Gasteiger partial charge in [-0.25, -0.2) is 24.1 Å². The molecule has 2 fully saturated rings. The predicted octanol–water partition coefficient (Wildman–Crippen LogP) is 4.38. The Morgan fingerprint density at radius 1 is 1.25 bits per heavy atom. The van der Waals surface area contributed by atoms with E-state index in [1.54, 1.807) is 6.20 Å². The van der Waals surface area contributed by atoms with E-state index in [9.17, 15) is 4.79 Å². The Balaban J connectivity index is 1.59. The molecule has 3 aromatic rings. The molecule has 5 rings (SSSR count). The van der Waals surface area contributed by atoms with Gasteiger partial charge in [0.25, 0.3) is 0 Å². The number of nitrogens with zero attached hydrogens (tertiary/aromatic N) is 6. The van der Waals surface area contributed by atoms with Gasteiger partial charge in [0.15, 0.2) is 16.1 Å². The quantitative estimate of drug-likeness (QED) is 0.307. The summed E-state index contributed by atoms with van der Waals surface area (Å²) in [6.45, 7) is 6.78. The van der Waals surface area contributed by atoms with Crippen LogP contribution in [0.25, 0.3) is 16.4 Å². The van der Waals surface area contributed by atoms with Gasteiger partial charge in [-0.15, -0.1) is 0 Å². The Bertz CT molecular complexity index is 1210. The van der Waals surface area contributed by atoms with Gasteiger partial charge < -0.3 is 9.64 Å². The van der Waals surface area contributed by atoms with E-state index in [1.165, 1.54) is 22.5 Å². The van der Waals surface area contributed by atoms with E-state index in [2.05, 4.69) is 14.9 Å². The lowest BCUT2D eigenvalue weighted by Gasteiger charge is -2.42. The number of anilines is 1. The Kier molecular flexibility index (Phi) is 5.12. The zero-order valence-corrected chi connectivity index (χ0v) is 19.9. The van der Waals surface area contributed by atoms with Crippen molar-refractivity contribution in [3.8, 4) is 0 Å². The SMILES string of the molecule is CSc1nc(N2C[C@H]3CC[C@@H](C2)N3C(=O)OC(C)(C)C)c2c(n1)c(F)c(Cl)n1cncc21. The highest BCUT2D eigenvalue weighted by Gasteiger charge is 2.45. The molecule has 2 saturated heterocycles. The van der Waals surface area contributed by atoms with Crippen LogP contribution in [0.1, 0.15) is 33.6 Å². The van der Waals surface area contributed by atoms with Crippen LogP contribution < -0.4 is 4.90 Å². The molecule has 2 bridgehead atoms. The predicted molar refractivity (Wildman–Crippen MR) is 122 cm³/mol. The van der Waals surface area contributed by atoms with Crippen LogP contribution in [-0.4, -0.2) is 67.4 Å². The average Bonchev–Trinajstić information content (AvgIpc) is 3.32. The van der Waals surface area contributed by atoms with E-state index in [-0.39, 0.29) is 28.8 Å². The highest BCUT2D eigenvalue weighted by Crippen LogP contribution is 2.39. The molecule has 5 heterocycles. The van der Waals surface area contributed by atoms with Crippen molar-refractivity contribution in [2.75, 3.05) is 24.2 Å². The van der Waals surface area contributed by atoms with E-state index in [0.29, 0.717) is 35.0 Å². The van der Waals surface area contributed by atoms with Crippen molar-refractivity contribution in [2.24, 2.45) is 0 Å². The van der Waals surface area contributed by atoms with Gasteiger partial charge in [0.05, 0.1) is 29.2 Å². The minimum Gasteiger partial charge on any atom is -0.444 e. The number of halogens is 2. The van der Waals surface area contributed by atoms with Crippen molar-refractivity contribution in [1.29, 1.82) is 0 Å². The monoisotopic (exact) mass is 478 g/mol. The van der Waals surface area contributed by atoms with Crippen LogP contribution in [-0.2, 0) is 4.74 Å². The molecule has 3 aromatic heterocycles. The van der Waals surface area contributed by atoms with Gasteiger partial charge in [0.1, 0.15) is 23.3 Å². The second-order valence-electron chi connectivity index (χ2n) is 9.19. The fraction of sp³-hybridized carbons (Fsp3) is 0.524. The Labute approximate surface area is 194 Å². The molecule has 2 aliphatic heterocycles. The first-order valence-electron chi connectivity index (χ1n) is 10.5. The maximum Gasteiger partial charge on any atom is 0.410 e. The van der Waals surface area contributed by atoms with Crippen LogP contribution in [0.15, 0.2) is 17.7 Å². The van der Waals surface area contributed by atoms with Crippen molar-refractivity contribution in [2.45, 2.75) is 56.5 Å². The molecule has 1 amide bonds. The lowest BCUT2D eigenvalue weighted by atomic mass is 10.1. The minimum atomic E-state index is -0.596. The van der Waals surface area contributed by atoms with Crippen LogP contribution in [0.3, 0.4) is 0 Å². The summed E-state index contributed by atoms with van der Waals surface area (Å²) < 4.78 is 22.3. The van der Waals surface area contributed by atoms with Crippen molar-refractivity contribution in [3.63, 3.8) is 0 Å². The first-order chi connectivity index (χ1) is 15.2. The third-order valence-corrected chi connectivity index (χ3v) is 6.83. The van der Waals surface area contributed by atoms with E-state index in [0.717, 1.165) is 12.8 Å². The number of thioether (sulfide) groups is 1. The fourth-order valence-corrected chi connectivity index (χ4v) is 5.26. The van der Waals surface area contributed by atoms with Gasteiger partial charge in [-0.1, -0.05) is 23.4 Å². The third-order valence-electron chi connectivity index (χ3n) is 5.93. The Morgan fingerprint density at radius 2 is 1.94 bits per heavy atom. The minimum absolute atomic E-state index is 0.00410. The number of ether oxygens (including phenoxy) is 1. The molecule has 0 N–H and O–H groups in total. The summed E-state index contributed by atoms with van der Waals surface area (Å²) in [7, 11) is 0. The molecule has 0 radical (unpaired) electrons. The van der Waals surface area contributed by atoms with E-state index < -0.39 is 11.4 Å². The summed E-state index contributed by atoms with van der Waals surface area (Å²) in [6.07, 6.45) is 6.48. The molecule has 0 spiro atoms. The Hall–Kier alpha value is -2.33. The molecular weight excluding hydrogens is 455 g/mol. The molecular formula is C21H24ClFN6O2S. The summed E-state index contributed by atoms with van der Waals surface area (Å²) in [5.41, 5.74) is 0.281. The standard InChI is InChI=1S/C21H24ClFN6O2S/c1-21(2,3)31-20(30)29-11-5-6-12(29)9-27(8-11)18-14-13-7-24-10-28(13)17(22)15(23)16(14)25-19(26-18)32-4/h7,10-12H,5-6,8-9H2,1-4H3/t11-,12+. The van der Waals surface area contributed by atoms with E-state index in [4.69, 9.17) is 21.3 Å². The first kappa shape index (κ1) is 21.5. The number of carbonyl (C=O) groups is 1. The van der Waals surface area contributed by atoms with Gasteiger partial charge in [0, 0.05) is 13.1 Å². The van der Waals surface area contributed by atoms with Gasteiger partial charge in [0.2, 0.25) is 0 Å². The number of piperazine rings is 1. The maximum atomic E-state index is 15.2. The van der Waals surface area contributed by atoms with Gasteiger partial charge in [-0.2, -0.15) is 0 Å². The smallest absolute Gasteiger partial charge is 0.410 e. The molecule has 0 unspecified atom stereocenters. The number of amides is 1. The largest absolute Gasteiger partial charge is 0.444 e. The summed E-state index contributed by atoms with van der Waals surface area (Å²) in [5.74, 6) is 0.0441. The van der Waals surface area contributed by atoms with Crippen molar-refractivity contribution in [3.05, 3.63) is 23.5 Å². The number of hydrogen-bond donors (Lipinski definition) is 0. The van der Waals surface area contributed by atoms with E-state index in [1.807, 2.05) is 31.9 Å². The Morgan fingerprint density at radius 3 is 2.56 bits per heavy atom. The molecule has 0 aliphatic carbocycles. The molecule has 2 atom stereocenters. The van der Waals surface area contributed by atoms with Crippen LogP contribution in [0.5, 0.6) is 0 Å². The van der Waals surface area contributed by atoms with Gasteiger partial charge >= 0.3 is 6.09 Å². The van der Waals surface area contributed by atoms with Crippen LogP contribution in [0.2, 0.25) is 5.15 Å². The van der Waals surface area contributed by atoms with Crippen LogP contribution in [0, 0.1) is 5.82 Å². The normalized spacial score (nSPS) is 21.1. The topological polar surface area (TPSA) is 75.9 Å². The number of pyridine rings is 1. The lowest BCUT2D eigenvalue weighted by Crippen LogP contribution is -2.57. The number of hydrogen-bond acceptors (Lipinski definition) is 7. The number of rotatable bonds is 2. The zero-order valence-electron chi connectivity index (χ0n) is 18.3. The summed E-state index contributed by atoms with van der Waals surface area (Å²) in [5, 5.41) is 0.983. The molecule has 32 heavy (non-hydrogen) atoms. The second-order valence-corrected chi connectivity index (χ2v) is 10.3. The summed E-state index contributed by atoms with van der Waals surface area (Å²) >= 11 is 7.60. The number of carbonyl (C=O) groups excluding carboxylic acids is 1. The second kappa shape index (κ2) is 7.62. The van der Waals surface area contributed by atoms with Crippen LogP contribution >= 0.6 is 23.4 Å². The zero-order chi connectivity index (χ0) is 22.8. The molecule has 11 heteroatoms. The van der Waals surface area contributed by atoms with Crippen molar-refractivity contribution < 1.29 is 13.9 Å². The third kappa shape index (κ3) is 3.44. The average molecular weight is 479 g/mol. The van der Waals surface area contributed by atoms with Crippen molar-refractivity contribution >= 4 is 51.7 Å². The fourth-order valence-electron chi connectivity index (χ4n) is 4.67. The lowest BCUT2D eigenvalue weighted by molar-refractivity contribution is 0.0123. The molecule has 170 valence electrons. The summed E-state index contributed by atoms with van der Waals surface area (Å²) in [6, 6.07) is 0.00819. The number of aromatic nitrogens is 4. The highest BCUT2D eigenvalue weighted by atomic mass is 35.5. The number of fused-ring (bicyclic) bond motifs is 5. The van der Waals surface area contributed by atoms with E-state index >= 15 is 4.39 Å². The van der Waals surface area contributed by atoms with Crippen molar-refractivity contribution in [1.82, 2.24) is 24.3 Å². The molecule has 0 aromatic carbocycles. The van der Waals surface area contributed by atoms with Gasteiger partial charge in [-0.3, -0.25) is 9.30 Å².